The lowest BCUT2D eigenvalue weighted by Crippen LogP contribution is -2.17. The minimum atomic E-state index is -3.38. The molecule has 0 saturated carbocycles. The molecule has 0 bridgehead atoms. The van der Waals surface area contributed by atoms with Gasteiger partial charge in [-0.25, -0.2) is 17.8 Å². The van der Waals surface area contributed by atoms with Gasteiger partial charge in [-0.15, -0.1) is 5.10 Å². The summed E-state index contributed by atoms with van der Waals surface area (Å²) in [6, 6.07) is 7.41. The van der Waals surface area contributed by atoms with Gasteiger partial charge in [0.05, 0.1) is 12.3 Å². The number of unbranched alkanes of at least 4 members (excludes halogenated alkanes) is 1. The average Bonchev–Trinajstić information content (AvgIpc) is 2.86. The minimum Gasteiger partial charge on any atom is -0.250 e. The van der Waals surface area contributed by atoms with Crippen LogP contribution in [0, 0.1) is 0 Å². The number of hydrogen-bond acceptors (Lipinski definition) is 4. The van der Waals surface area contributed by atoms with Gasteiger partial charge in [0, 0.05) is 5.02 Å². The molecule has 2 aromatic rings. The largest absolute Gasteiger partial charge is 0.255 e. The van der Waals surface area contributed by atoms with Crippen LogP contribution in [0.3, 0.4) is 0 Å². The van der Waals surface area contributed by atoms with Crippen molar-refractivity contribution in [2.75, 3.05) is 10.5 Å². The second-order valence-electron chi connectivity index (χ2n) is 4.63. The summed E-state index contributed by atoms with van der Waals surface area (Å²) >= 11 is 6.07. The normalized spacial score (nSPS) is 11.5. The number of hydrogen-bond donors (Lipinski definition) is 1. The van der Waals surface area contributed by atoms with Gasteiger partial charge >= 0.3 is 0 Å². The van der Waals surface area contributed by atoms with Crippen molar-refractivity contribution in [2.24, 2.45) is 0 Å². The Balaban J connectivity index is 2.03. The number of benzene rings is 1. The van der Waals surface area contributed by atoms with E-state index in [-0.39, 0.29) is 11.7 Å². The average molecular weight is 329 g/mol. The first kappa shape index (κ1) is 15.8. The first-order chi connectivity index (χ1) is 10.00. The molecule has 114 valence electrons. The number of halogens is 1. The number of nitrogens with zero attached hydrogens (tertiary/aromatic N) is 3. The fourth-order valence-electron chi connectivity index (χ4n) is 1.74. The highest BCUT2D eigenvalue weighted by molar-refractivity contribution is 7.92. The van der Waals surface area contributed by atoms with E-state index in [1.165, 1.54) is 6.33 Å². The van der Waals surface area contributed by atoms with Gasteiger partial charge < -0.3 is 0 Å². The van der Waals surface area contributed by atoms with E-state index >= 15 is 0 Å². The Labute approximate surface area is 129 Å². The number of aromatic nitrogens is 3. The monoisotopic (exact) mass is 328 g/mol. The van der Waals surface area contributed by atoms with Crippen LogP contribution in [0.5, 0.6) is 0 Å². The van der Waals surface area contributed by atoms with Crippen LogP contribution in [-0.4, -0.2) is 28.9 Å². The Bertz CT molecular complexity index is 700. The Morgan fingerprint density at radius 1 is 1.33 bits per heavy atom. The molecule has 0 aliphatic carbocycles. The maximum absolute atomic E-state index is 11.8. The summed E-state index contributed by atoms with van der Waals surface area (Å²) in [7, 11) is -3.38. The molecule has 0 aliphatic rings. The van der Waals surface area contributed by atoms with E-state index in [0.29, 0.717) is 18.0 Å². The molecule has 8 heteroatoms. The molecule has 0 atom stereocenters. The zero-order valence-electron chi connectivity index (χ0n) is 11.7. The van der Waals surface area contributed by atoms with Gasteiger partial charge in [-0.1, -0.05) is 43.1 Å². The maximum Gasteiger partial charge on any atom is 0.255 e. The van der Waals surface area contributed by atoms with Crippen LogP contribution in [-0.2, 0) is 16.6 Å². The summed E-state index contributed by atoms with van der Waals surface area (Å²) < 4.78 is 27.4. The molecule has 0 spiro atoms. The zero-order valence-corrected chi connectivity index (χ0v) is 13.2. The van der Waals surface area contributed by atoms with E-state index in [4.69, 9.17) is 11.6 Å². The molecule has 1 aromatic carbocycles. The zero-order chi connectivity index (χ0) is 15.3. The van der Waals surface area contributed by atoms with Gasteiger partial charge in [-0.3, -0.25) is 0 Å². The van der Waals surface area contributed by atoms with E-state index in [2.05, 4.69) is 14.8 Å². The number of anilines is 1. The molecule has 0 fully saturated rings. The third kappa shape index (κ3) is 4.71. The lowest BCUT2D eigenvalue weighted by Gasteiger charge is -2.04. The molecule has 6 nitrogen and oxygen atoms in total. The van der Waals surface area contributed by atoms with Crippen molar-refractivity contribution in [3.8, 4) is 0 Å². The molecular weight excluding hydrogens is 312 g/mol. The summed E-state index contributed by atoms with van der Waals surface area (Å²) in [5.74, 6) is 0.154. The highest BCUT2D eigenvalue weighted by Crippen LogP contribution is 2.16. The van der Waals surface area contributed by atoms with Crippen molar-refractivity contribution < 1.29 is 8.42 Å². The molecule has 21 heavy (non-hydrogen) atoms. The minimum absolute atomic E-state index is 0.0720. The van der Waals surface area contributed by atoms with Gasteiger partial charge in [-0.05, 0) is 18.1 Å². The second kappa shape index (κ2) is 6.91. The molecule has 0 aliphatic heterocycles. The maximum atomic E-state index is 11.8. The summed E-state index contributed by atoms with van der Waals surface area (Å²) in [5.41, 5.74) is 0.893. The lowest BCUT2D eigenvalue weighted by molar-refractivity contribution is 0.597. The third-order valence-corrected chi connectivity index (χ3v) is 4.53. The molecule has 1 aromatic heterocycles. The van der Waals surface area contributed by atoms with E-state index in [1.54, 1.807) is 10.7 Å². The van der Waals surface area contributed by atoms with Crippen LogP contribution in [0.15, 0.2) is 30.6 Å². The molecular formula is C13H17ClN4O2S. The van der Waals surface area contributed by atoms with Crippen LogP contribution >= 0.6 is 11.6 Å². The summed E-state index contributed by atoms with van der Waals surface area (Å²) in [6.45, 7) is 2.37. The van der Waals surface area contributed by atoms with Crippen molar-refractivity contribution >= 4 is 27.6 Å². The number of rotatable bonds is 7. The first-order valence-electron chi connectivity index (χ1n) is 6.63. The van der Waals surface area contributed by atoms with Gasteiger partial charge in [0.25, 0.3) is 5.95 Å². The van der Waals surface area contributed by atoms with Crippen LogP contribution in [0.2, 0.25) is 5.02 Å². The summed E-state index contributed by atoms with van der Waals surface area (Å²) in [4.78, 5) is 3.95. The fraction of sp³-hybridized carbons (Fsp3) is 0.385. The van der Waals surface area contributed by atoms with Crippen LogP contribution in [0.1, 0.15) is 25.3 Å². The van der Waals surface area contributed by atoms with Gasteiger partial charge in [0.15, 0.2) is 0 Å². The fourth-order valence-corrected chi connectivity index (χ4v) is 3.08. The highest BCUT2D eigenvalue weighted by Gasteiger charge is 2.12. The van der Waals surface area contributed by atoms with Crippen molar-refractivity contribution in [1.82, 2.24) is 14.8 Å². The SMILES string of the molecule is CCCCS(=O)(=O)Nc1ncn(Cc2ccccc2Cl)n1. The van der Waals surface area contributed by atoms with Gasteiger partial charge in [0.2, 0.25) is 10.0 Å². The van der Waals surface area contributed by atoms with Crippen molar-refractivity contribution in [3.05, 3.63) is 41.2 Å². The molecule has 1 heterocycles. The van der Waals surface area contributed by atoms with Crippen molar-refractivity contribution in [2.45, 2.75) is 26.3 Å². The quantitative estimate of drug-likeness (QED) is 0.847. The van der Waals surface area contributed by atoms with Gasteiger partial charge in [0.1, 0.15) is 6.33 Å². The standard InChI is InChI=1S/C13H17ClN4O2S/c1-2-3-8-21(19,20)17-13-15-10-18(16-13)9-11-6-4-5-7-12(11)14/h4-7,10H,2-3,8-9H2,1H3,(H,16,17). The van der Waals surface area contributed by atoms with E-state index in [1.807, 2.05) is 25.1 Å². The van der Waals surface area contributed by atoms with Crippen LogP contribution < -0.4 is 4.72 Å². The molecule has 1 N–H and O–H groups in total. The number of nitrogens with one attached hydrogen (secondary N) is 1. The first-order valence-corrected chi connectivity index (χ1v) is 8.66. The molecule has 0 radical (unpaired) electrons. The Hall–Kier alpha value is -1.60. The van der Waals surface area contributed by atoms with Crippen molar-refractivity contribution in [1.29, 1.82) is 0 Å². The predicted octanol–water partition coefficient (Wildman–Crippen LogP) is 2.52. The van der Waals surface area contributed by atoms with Crippen LogP contribution in [0.4, 0.5) is 5.95 Å². The lowest BCUT2D eigenvalue weighted by atomic mass is 10.2. The summed E-state index contributed by atoms with van der Waals surface area (Å²) in [5, 5.41) is 4.73. The van der Waals surface area contributed by atoms with Crippen LogP contribution in [0.25, 0.3) is 0 Å². The Kier molecular flexibility index (Phi) is 5.19. The van der Waals surface area contributed by atoms with Gasteiger partial charge in [-0.2, -0.15) is 4.98 Å². The molecule has 0 saturated heterocycles. The highest BCUT2D eigenvalue weighted by atomic mass is 35.5. The number of sulfonamides is 1. The predicted molar refractivity (Wildman–Crippen MR) is 82.9 cm³/mol. The Morgan fingerprint density at radius 3 is 2.81 bits per heavy atom. The molecule has 0 amide bonds. The smallest absolute Gasteiger partial charge is 0.250 e. The Morgan fingerprint density at radius 2 is 2.10 bits per heavy atom. The van der Waals surface area contributed by atoms with E-state index in [0.717, 1.165) is 12.0 Å². The summed E-state index contributed by atoms with van der Waals surface area (Å²) in [6.07, 6.45) is 2.89. The van der Waals surface area contributed by atoms with E-state index in [9.17, 15) is 8.42 Å². The topological polar surface area (TPSA) is 76.9 Å². The molecule has 0 unspecified atom stereocenters. The van der Waals surface area contributed by atoms with E-state index < -0.39 is 10.0 Å². The second-order valence-corrected chi connectivity index (χ2v) is 6.88. The molecule has 2 rings (SSSR count). The van der Waals surface area contributed by atoms with Crippen molar-refractivity contribution in [3.63, 3.8) is 0 Å². The third-order valence-electron chi connectivity index (χ3n) is 2.84.